The van der Waals surface area contributed by atoms with E-state index in [1.165, 1.54) is 0 Å². The zero-order chi connectivity index (χ0) is 54.5. The predicted octanol–water partition coefficient (Wildman–Crippen LogP) is 18.2. The molecule has 15 aromatic rings. The minimum absolute atomic E-state index is 0.520. The van der Waals surface area contributed by atoms with E-state index in [9.17, 15) is 0 Å². The molecule has 0 amide bonds. The van der Waals surface area contributed by atoms with Crippen LogP contribution in [0, 0.1) is 0 Å². The van der Waals surface area contributed by atoms with E-state index in [-0.39, 0.29) is 0 Å². The summed E-state index contributed by atoms with van der Waals surface area (Å²) in [6.45, 7) is 0. The van der Waals surface area contributed by atoms with Crippen LogP contribution in [0.4, 0.5) is 0 Å². The van der Waals surface area contributed by atoms with Gasteiger partial charge < -0.3 is 4.57 Å². The lowest BCUT2D eigenvalue weighted by Crippen LogP contribution is -2.31. The average molecular weight is 1050 g/mol. The summed E-state index contributed by atoms with van der Waals surface area (Å²) in [5, 5.41) is 4.49. The minimum atomic E-state index is -0.701. The molecule has 3 aromatic heterocycles. The lowest BCUT2D eigenvalue weighted by molar-refractivity contribution is 0.745. The molecular weight excluding hydrogens is 995 g/mol. The zero-order valence-electron chi connectivity index (χ0n) is 44.8. The monoisotopic (exact) mass is 1050 g/mol. The third-order valence-electron chi connectivity index (χ3n) is 16.7. The summed E-state index contributed by atoms with van der Waals surface area (Å²) in [4.78, 5) is 17.1. The van der Waals surface area contributed by atoms with Crippen LogP contribution < -0.4 is 0 Å². The van der Waals surface area contributed by atoms with Crippen LogP contribution in [0.25, 0.3) is 78.0 Å². The van der Waals surface area contributed by atoms with E-state index in [0.29, 0.717) is 17.6 Å². The average Bonchev–Trinajstić information content (AvgIpc) is 3.18. The first-order valence-corrected chi connectivity index (χ1v) is 28.0. The molecule has 0 fully saturated rings. The quantitative estimate of drug-likeness (QED) is 0.115. The second-order valence-electron chi connectivity index (χ2n) is 21.0. The molecule has 12 aromatic carbocycles. The van der Waals surface area contributed by atoms with E-state index >= 15 is 0 Å². The zero-order valence-corrected chi connectivity index (χ0v) is 44.8. The Morgan fingerprint density at radius 1 is 0.244 bits per heavy atom. The molecule has 0 spiro atoms. The Kier molecular flexibility index (Phi) is 11.9. The van der Waals surface area contributed by atoms with Gasteiger partial charge in [0.25, 0.3) is 0 Å². The first-order chi connectivity index (χ1) is 40.7. The molecule has 386 valence electrons. The number of hydrogen-bond donors (Lipinski definition) is 0. The fourth-order valence-electron chi connectivity index (χ4n) is 13.2. The van der Waals surface area contributed by atoms with Crippen LogP contribution in [-0.2, 0) is 10.8 Å². The first-order valence-electron chi connectivity index (χ1n) is 28.0. The summed E-state index contributed by atoms with van der Waals surface area (Å²) in [7, 11) is 0. The molecule has 3 heterocycles. The van der Waals surface area contributed by atoms with Gasteiger partial charge in [-0.2, -0.15) is 9.97 Å². The third-order valence-corrected chi connectivity index (χ3v) is 16.7. The van der Waals surface area contributed by atoms with Gasteiger partial charge in [0.15, 0.2) is 11.6 Å². The van der Waals surface area contributed by atoms with Crippen molar-refractivity contribution in [1.82, 2.24) is 24.1 Å². The molecule has 15 rings (SSSR count). The summed E-state index contributed by atoms with van der Waals surface area (Å²) >= 11 is 0. The van der Waals surface area contributed by atoms with E-state index in [0.717, 1.165) is 105 Å². The van der Waals surface area contributed by atoms with Gasteiger partial charge in [0.2, 0.25) is 5.95 Å². The highest BCUT2D eigenvalue weighted by Crippen LogP contribution is 2.49. The highest BCUT2D eigenvalue weighted by atomic mass is 15.2. The number of aromatic nitrogens is 5. The summed E-state index contributed by atoms with van der Waals surface area (Å²) in [6, 6.07) is 116. The van der Waals surface area contributed by atoms with Crippen LogP contribution in [-0.4, -0.2) is 24.1 Å². The van der Waals surface area contributed by atoms with Crippen molar-refractivity contribution in [3.05, 3.63) is 366 Å². The Labute approximate surface area is 476 Å². The molecule has 5 nitrogen and oxygen atoms in total. The van der Waals surface area contributed by atoms with Crippen molar-refractivity contribution in [3.8, 4) is 34.4 Å². The standard InChI is InChI=1S/C77H53N5/c1-8-30-56(31-9-1)76(57-32-10-2-11-33-57,58-34-12-3-13-35-58)62-42-26-28-54(52-62)73-78-74(55-29-27-43-63(53-55)77(59-36-14-4-15-37-59,60-38-16-5-17-39-60)61-40-18-6-19-41-61)80-75(79-73)82-68-48-24-22-46-65(68)66-50-51-70-71(72(66)82)67-47-23-25-49-69(67)81(70)64-44-20-7-21-45-64/h1-53H. The van der Waals surface area contributed by atoms with E-state index in [4.69, 9.17) is 15.0 Å². The topological polar surface area (TPSA) is 48.5 Å². The predicted molar refractivity (Wildman–Crippen MR) is 336 cm³/mol. The molecule has 0 aliphatic heterocycles. The lowest BCUT2D eigenvalue weighted by Gasteiger charge is -2.37. The van der Waals surface area contributed by atoms with Crippen molar-refractivity contribution in [3.63, 3.8) is 0 Å². The van der Waals surface area contributed by atoms with E-state index < -0.39 is 10.8 Å². The molecule has 0 saturated heterocycles. The number of rotatable bonds is 12. The molecule has 0 bridgehead atoms. The van der Waals surface area contributed by atoms with Crippen LogP contribution in [0.1, 0.15) is 44.5 Å². The van der Waals surface area contributed by atoms with Gasteiger partial charge in [0.05, 0.1) is 32.9 Å². The van der Waals surface area contributed by atoms with Crippen molar-refractivity contribution >= 4 is 43.6 Å². The van der Waals surface area contributed by atoms with Gasteiger partial charge in [0, 0.05) is 38.4 Å². The molecule has 0 saturated carbocycles. The van der Waals surface area contributed by atoms with Gasteiger partial charge in [-0.25, -0.2) is 4.98 Å². The van der Waals surface area contributed by atoms with Crippen molar-refractivity contribution in [2.45, 2.75) is 10.8 Å². The number of nitrogens with zero attached hydrogens (tertiary/aromatic N) is 5. The van der Waals surface area contributed by atoms with Crippen molar-refractivity contribution in [1.29, 1.82) is 0 Å². The van der Waals surface area contributed by atoms with Crippen molar-refractivity contribution in [2.24, 2.45) is 0 Å². The van der Waals surface area contributed by atoms with Gasteiger partial charge in [-0.15, -0.1) is 0 Å². The maximum absolute atomic E-state index is 5.71. The van der Waals surface area contributed by atoms with Crippen LogP contribution in [0.5, 0.6) is 0 Å². The summed E-state index contributed by atoms with van der Waals surface area (Å²) in [6.07, 6.45) is 0. The Bertz CT molecular complexity index is 4390. The molecule has 0 radical (unpaired) electrons. The molecule has 0 aliphatic carbocycles. The van der Waals surface area contributed by atoms with Crippen molar-refractivity contribution in [2.75, 3.05) is 0 Å². The molecule has 0 atom stereocenters. The Hall–Kier alpha value is -10.8. The third kappa shape index (κ3) is 7.73. The van der Waals surface area contributed by atoms with Crippen LogP contribution in [0.3, 0.4) is 0 Å². The highest BCUT2D eigenvalue weighted by molar-refractivity contribution is 6.26. The summed E-state index contributed by atoms with van der Waals surface area (Å²) < 4.78 is 4.67. The normalized spacial score (nSPS) is 11.9. The smallest absolute Gasteiger partial charge is 0.238 e. The first kappa shape index (κ1) is 48.4. The number of fused-ring (bicyclic) bond motifs is 7. The molecule has 82 heavy (non-hydrogen) atoms. The van der Waals surface area contributed by atoms with E-state index in [1.807, 2.05) is 0 Å². The Morgan fingerprint density at radius 3 is 1.02 bits per heavy atom. The summed E-state index contributed by atoms with van der Waals surface area (Å²) in [5.74, 6) is 1.63. The van der Waals surface area contributed by atoms with Crippen LogP contribution >= 0.6 is 0 Å². The summed E-state index contributed by atoms with van der Waals surface area (Å²) in [5.41, 5.74) is 14.8. The Morgan fingerprint density at radius 2 is 0.598 bits per heavy atom. The molecule has 5 heteroatoms. The number of benzene rings is 12. The van der Waals surface area contributed by atoms with Crippen molar-refractivity contribution < 1.29 is 0 Å². The molecule has 0 unspecified atom stereocenters. The van der Waals surface area contributed by atoms with E-state index in [2.05, 4.69) is 331 Å². The SMILES string of the molecule is c1ccc(-n2c3ccccc3c3c2ccc2c4ccccc4n(-c4nc(-c5cccc(C(c6ccccc6)(c6ccccc6)c6ccccc6)c5)nc(-c5cccc(C(c6ccccc6)(c6ccccc6)c6ccccc6)c5)n4)c23)cc1. The molecular formula is C77H53N5. The van der Waals surface area contributed by atoms with Gasteiger partial charge in [-0.3, -0.25) is 4.57 Å². The van der Waals surface area contributed by atoms with Gasteiger partial charge in [-0.1, -0.05) is 279 Å². The van der Waals surface area contributed by atoms with Gasteiger partial charge in [0.1, 0.15) is 0 Å². The minimum Gasteiger partial charge on any atom is -0.309 e. The largest absolute Gasteiger partial charge is 0.309 e. The fraction of sp³-hybridized carbons (Fsp3) is 0.0260. The second kappa shape index (κ2) is 20.2. The molecule has 0 aliphatic rings. The van der Waals surface area contributed by atoms with Gasteiger partial charge in [-0.05, 0) is 87.0 Å². The Balaban J connectivity index is 1.04. The number of para-hydroxylation sites is 3. The van der Waals surface area contributed by atoms with Gasteiger partial charge >= 0.3 is 0 Å². The van der Waals surface area contributed by atoms with Crippen LogP contribution in [0.15, 0.2) is 322 Å². The lowest BCUT2D eigenvalue weighted by atomic mass is 9.65. The maximum Gasteiger partial charge on any atom is 0.238 e. The maximum atomic E-state index is 5.71. The second-order valence-corrected chi connectivity index (χ2v) is 21.0. The van der Waals surface area contributed by atoms with E-state index in [1.54, 1.807) is 0 Å². The molecule has 0 N–H and O–H groups in total. The fourth-order valence-corrected chi connectivity index (χ4v) is 13.2. The van der Waals surface area contributed by atoms with Crippen LogP contribution in [0.2, 0.25) is 0 Å². The number of hydrogen-bond acceptors (Lipinski definition) is 3. The highest BCUT2D eigenvalue weighted by Gasteiger charge is 2.40.